The molecule has 0 aromatic carbocycles. The Morgan fingerprint density at radius 2 is 1.88 bits per heavy atom. The Kier molecular flexibility index (Phi) is 6.61. The van der Waals surface area contributed by atoms with Gasteiger partial charge in [0.25, 0.3) is 0 Å². The molecular weight excluding hydrogens is 222 g/mol. The summed E-state index contributed by atoms with van der Waals surface area (Å²) in [6, 6.07) is -0.0658. The molecule has 17 heavy (non-hydrogen) atoms. The number of hydrogen-bond acceptors (Lipinski definition) is 4. The van der Waals surface area contributed by atoms with Crippen LogP contribution in [0.15, 0.2) is 0 Å². The number of hydrogen-bond donors (Lipinski definition) is 1. The Morgan fingerprint density at radius 1 is 1.29 bits per heavy atom. The van der Waals surface area contributed by atoms with E-state index in [0.29, 0.717) is 12.8 Å². The van der Waals surface area contributed by atoms with Crippen LogP contribution in [0.1, 0.15) is 47.0 Å². The van der Waals surface area contributed by atoms with Crippen molar-refractivity contribution in [2.75, 3.05) is 7.11 Å². The van der Waals surface area contributed by atoms with Crippen molar-refractivity contribution < 1.29 is 19.1 Å². The van der Waals surface area contributed by atoms with E-state index in [1.807, 2.05) is 27.7 Å². The fourth-order valence-electron chi connectivity index (χ4n) is 1.25. The molecular formula is C12H23NO4. The maximum absolute atomic E-state index is 11.5. The zero-order valence-corrected chi connectivity index (χ0v) is 11.3. The Balaban J connectivity index is 4.04. The van der Waals surface area contributed by atoms with Crippen molar-refractivity contribution in [3.05, 3.63) is 0 Å². The molecule has 100 valence electrons. The first-order chi connectivity index (χ1) is 7.78. The van der Waals surface area contributed by atoms with Crippen LogP contribution in [0.4, 0.5) is 4.79 Å². The summed E-state index contributed by atoms with van der Waals surface area (Å²) in [5.41, 5.74) is -0.509. The number of carbonyl (C=O) groups excluding carboxylic acids is 2. The second-order valence-electron chi connectivity index (χ2n) is 4.87. The number of ether oxygens (including phenoxy) is 2. The fourth-order valence-corrected chi connectivity index (χ4v) is 1.25. The number of carbonyl (C=O) groups is 2. The minimum atomic E-state index is -0.509. The fraction of sp³-hybridized carbons (Fsp3) is 0.833. The predicted octanol–water partition coefficient (Wildman–Crippen LogP) is 2.24. The standard InChI is InChI=1S/C12H23NO4/c1-6-9(7-8-10(14)16-5)13-11(15)17-12(2,3)4/h9H,6-8H2,1-5H3,(H,13,15). The molecule has 0 aromatic rings. The zero-order chi connectivity index (χ0) is 13.5. The summed E-state index contributed by atoms with van der Waals surface area (Å²) in [5.74, 6) is -0.269. The normalized spacial score (nSPS) is 12.8. The molecule has 0 saturated carbocycles. The molecule has 0 spiro atoms. The Hall–Kier alpha value is -1.26. The van der Waals surface area contributed by atoms with Gasteiger partial charge in [-0.1, -0.05) is 6.92 Å². The van der Waals surface area contributed by atoms with Crippen LogP contribution in [-0.4, -0.2) is 30.8 Å². The van der Waals surface area contributed by atoms with Crippen LogP contribution in [0.2, 0.25) is 0 Å². The molecule has 5 heteroatoms. The van der Waals surface area contributed by atoms with Crippen LogP contribution in [0.25, 0.3) is 0 Å². The summed E-state index contributed by atoms with van der Waals surface area (Å²) in [6.45, 7) is 7.37. The molecule has 0 heterocycles. The van der Waals surface area contributed by atoms with Crippen molar-refractivity contribution in [3.8, 4) is 0 Å². The molecule has 0 aliphatic rings. The van der Waals surface area contributed by atoms with Gasteiger partial charge in [0.2, 0.25) is 0 Å². The van der Waals surface area contributed by atoms with E-state index in [9.17, 15) is 9.59 Å². The Labute approximate surface area is 103 Å². The van der Waals surface area contributed by atoms with Gasteiger partial charge < -0.3 is 14.8 Å². The second-order valence-corrected chi connectivity index (χ2v) is 4.87. The lowest BCUT2D eigenvalue weighted by atomic mass is 10.1. The van der Waals surface area contributed by atoms with E-state index in [1.165, 1.54) is 7.11 Å². The number of esters is 1. The monoisotopic (exact) mass is 245 g/mol. The molecule has 0 bridgehead atoms. The lowest BCUT2D eigenvalue weighted by Crippen LogP contribution is -2.39. The maximum atomic E-state index is 11.5. The minimum absolute atomic E-state index is 0.0658. The van der Waals surface area contributed by atoms with E-state index < -0.39 is 11.7 Å². The lowest BCUT2D eigenvalue weighted by Gasteiger charge is -2.22. The number of methoxy groups -OCH3 is 1. The smallest absolute Gasteiger partial charge is 0.407 e. The van der Waals surface area contributed by atoms with Gasteiger partial charge in [0, 0.05) is 12.5 Å². The van der Waals surface area contributed by atoms with E-state index in [4.69, 9.17) is 4.74 Å². The van der Waals surface area contributed by atoms with Gasteiger partial charge in [-0.2, -0.15) is 0 Å². The third-order valence-electron chi connectivity index (χ3n) is 2.14. The molecule has 0 fully saturated rings. The average molecular weight is 245 g/mol. The van der Waals surface area contributed by atoms with E-state index in [1.54, 1.807) is 0 Å². The molecule has 0 rings (SSSR count). The van der Waals surface area contributed by atoms with Gasteiger partial charge in [0.1, 0.15) is 5.60 Å². The summed E-state index contributed by atoms with van der Waals surface area (Å²) in [6.07, 6.45) is 1.15. The van der Waals surface area contributed by atoms with Crippen LogP contribution in [0.3, 0.4) is 0 Å². The van der Waals surface area contributed by atoms with Gasteiger partial charge in [-0.3, -0.25) is 4.79 Å². The summed E-state index contributed by atoms with van der Waals surface area (Å²) in [7, 11) is 1.35. The van der Waals surface area contributed by atoms with Crippen molar-refractivity contribution in [2.45, 2.75) is 58.6 Å². The summed E-state index contributed by atoms with van der Waals surface area (Å²) >= 11 is 0. The summed E-state index contributed by atoms with van der Waals surface area (Å²) in [5, 5.41) is 2.73. The first kappa shape index (κ1) is 15.7. The highest BCUT2D eigenvalue weighted by Gasteiger charge is 2.19. The van der Waals surface area contributed by atoms with Crippen LogP contribution >= 0.6 is 0 Å². The third-order valence-corrected chi connectivity index (χ3v) is 2.14. The van der Waals surface area contributed by atoms with E-state index >= 15 is 0 Å². The van der Waals surface area contributed by atoms with Crippen LogP contribution in [0, 0.1) is 0 Å². The molecule has 1 N–H and O–H groups in total. The third kappa shape index (κ3) is 8.54. The summed E-state index contributed by atoms with van der Waals surface area (Å²) < 4.78 is 9.68. The lowest BCUT2D eigenvalue weighted by molar-refractivity contribution is -0.140. The largest absolute Gasteiger partial charge is 0.469 e. The van der Waals surface area contributed by atoms with Gasteiger partial charge in [0.15, 0.2) is 0 Å². The van der Waals surface area contributed by atoms with Gasteiger partial charge in [0.05, 0.1) is 7.11 Å². The molecule has 1 atom stereocenters. The van der Waals surface area contributed by atoms with Gasteiger partial charge in [-0.15, -0.1) is 0 Å². The summed E-state index contributed by atoms with van der Waals surface area (Å²) in [4.78, 5) is 22.5. The highest BCUT2D eigenvalue weighted by molar-refractivity contribution is 5.70. The number of alkyl carbamates (subject to hydrolysis) is 1. The van der Waals surface area contributed by atoms with E-state index in [-0.39, 0.29) is 12.0 Å². The highest BCUT2D eigenvalue weighted by atomic mass is 16.6. The maximum Gasteiger partial charge on any atom is 0.407 e. The molecule has 1 unspecified atom stereocenters. The van der Waals surface area contributed by atoms with Crippen molar-refractivity contribution in [2.24, 2.45) is 0 Å². The zero-order valence-electron chi connectivity index (χ0n) is 11.3. The van der Waals surface area contributed by atoms with Crippen molar-refractivity contribution in [3.63, 3.8) is 0 Å². The molecule has 0 saturated heterocycles. The molecule has 0 aliphatic heterocycles. The van der Waals surface area contributed by atoms with Crippen LogP contribution < -0.4 is 5.32 Å². The molecule has 0 aliphatic carbocycles. The van der Waals surface area contributed by atoms with Gasteiger partial charge >= 0.3 is 12.1 Å². The highest BCUT2D eigenvalue weighted by Crippen LogP contribution is 2.08. The molecule has 5 nitrogen and oxygen atoms in total. The second kappa shape index (κ2) is 7.14. The van der Waals surface area contributed by atoms with Crippen LogP contribution in [0.5, 0.6) is 0 Å². The van der Waals surface area contributed by atoms with E-state index in [2.05, 4.69) is 10.1 Å². The van der Waals surface area contributed by atoms with E-state index in [0.717, 1.165) is 6.42 Å². The Bertz CT molecular complexity index is 258. The van der Waals surface area contributed by atoms with Crippen LogP contribution in [-0.2, 0) is 14.3 Å². The number of nitrogens with one attached hydrogen (secondary N) is 1. The predicted molar refractivity (Wildman–Crippen MR) is 64.7 cm³/mol. The molecule has 0 aromatic heterocycles. The first-order valence-electron chi connectivity index (χ1n) is 5.84. The molecule has 1 amide bonds. The van der Waals surface area contributed by atoms with Crippen molar-refractivity contribution in [1.29, 1.82) is 0 Å². The van der Waals surface area contributed by atoms with Gasteiger partial charge in [-0.05, 0) is 33.6 Å². The quantitative estimate of drug-likeness (QED) is 0.754. The Morgan fingerprint density at radius 3 is 2.29 bits per heavy atom. The molecule has 0 radical (unpaired) electrons. The number of rotatable bonds is 5. The average Bonchev–Trinajstić information content (AvgIpc) is 2.20. The topological polar surface area (TPSA) is 64.6 Å². The SMILES string of the molecule is CCC(CCC(=O)OC)NC(=O)OC(C)(C)C. The first-order valence-corrected chi connectivity index (χ1v) is 5.84. The number of amides is 1. The van der Waals surface area contributed by atoms with Crippen molar-refractivity contribution in [1.82, 2.24) is 5.32 Å². The van der Waals surface area contributed by atoms with Crippen molar-refractivity contribution >= 4 is 12.1 Å². The van der Waals surface area contributed by atoms with Gasteiger partial charge in [-0.25, -0.2) is 4.79 Å². The minimum Gasteiger partial charge on any atom is -0.469 e.